The molecule has 1 N–H and O–H groups in total. The summed E-state index contributed by atoms with van der Waals surface area (Å²) < 4.78 is 154. The highest BCUT2D eigenvalue weighted by Crippen LogP contribution is 2.58. The number of hydrogen-bond acceptors (Lipinski definition) is 1. The highest BCUT2D eigenvalue weighted by Gasteiger charge is 2.87. The van der Waals surface area contributed by atoms with Crippen LogP contribution in [0.4, 0.5) is 52.7 Å². The number of aliphatic hydroxyl groups is 1. The van der Waals surface area contributed by atoms with E-state index in [2.05, 4.69) is 0 Å². The summed E-state index contributed by atoms with van der Waals surface area (Å²) in [5, 5.41) is 9.32. The third kappa shape index (κ3) is 3.45. The Bertz CT molecular complexity index is 636. The van der Waals surface area contributed by atoms with Crippen LogP contribution in [0, 0.1) is 5.82 Å². The molecule has 0 aliphatic carbocycles. The smallest absolute Gasteiger partial charge is 0.388 e. The van der Waals surface area contributed by atoms with Gasteiger partial charge < -0.3 is 5.11 Å². The van der Waals surface area contributed by atoms with Crippen LogP contribution in [0.15, 0.2) is 24.3 Å². The van der Waals surface area contributed by atoms with E-state index in [1.165, 1.54) is 0 Å². The molecule has 1 rings (SSSR count). The fourth-order valence-corrected chi connectivity index (χ4v) is 1.83. The van der Waals surface area contributed by atoms with Crippen LogP contribution in [0.5, 0.6) is 0 Å². The van der Waals surface area contributed by atoms with Crippen LogP contribution in [0.3, 0.4) is 0 Å². The summed E-state index contributed by atoms with van der Waals surface area (Å²) >= 11 is 0. The van der Waals surface area contributed by atoms with E-state index in [4.69, 9.17) is 0 Å². The standard InChI is InChI=1S/C13H8F12O/c14-7-4-2-1-3-6(7)8(26)5-9(15,16)10(17,18)11(19,20)12(21,22)13(23,24)25/h1-4,8,26H,5H2. The number of benzene rings is 1. The van der Waals surface area contributed by atoms with Crippen LogP contribution >= 0.6 is 0 Å². The average molecular weight is 408 g/mol. The molecule has 0 spiro atoms. The molecule has 0 saturated heterocycles. The minimum atomic E-state index is -7.56. The molecular weight excluding hydrogens is 400 g/mol. The number of rotatable bonds is 6. The fourth-order valence-electron chi connectivity index (χ4n) is 1.83. The molecule has 0 fully saturated rings. The Hall–Kier alpha value is -1.66. The number of alkyl halides is 11. The van der Waals surface area contributed by atoms with E-state index in [-0.39, 0.29) is 0 Å². The summed E-state index contributed by atoms with van der Waals surface area (Å²) in [6.45, 7) is 0. The lowest BCUT2D eigenvalue weighted by molar-refractivity contribution is -0.423. The summed E-state index contributed by atoms with van der Waals surface area (Å²) in [5.74, 6) is -30.0. The molecule has 26 heavy (non-hydrogen) atoms. The molecule has 1 aromatic carbocycles. The molecule has 0 amide bonds. The molecule has 1 atom stereocenters. The summed E-state index contributed by atoms with van der Waals surface area (Å²) in [5.41, 5.74) is -1.08. The summed E-state index contributed by atoms with van der Waals surface area (Å²) in [7, 11) is 0. The highest BCUT2D eigenvalue weighted by molar-refractivity contribution is 5.20. The lowest BCUT2D eigenvalue weighted by Crippen LogP contribution is -2.66. The Morgan fingerprint density at radius 2 is 1.19 bits per heavy atom. The zero-order valence-corrected chi connectivity index (χ0v) is 12.1. The Labute approximate surface area is 137 Å². The van der Waals surface area contributed by atoms with Crippen molar-refractivity contribution in [3.63, 3.8) is 0 Å². The van der Waals surface area contributed by atoms with Crippen LogP contribution in [0.2, 0.25) is 0 Å². The topological polar surface area (TPSA) is 20.2 Å². The first-order valence-corrected chi connectivity index (χ1v) is 6.40. The second kappa shape index (κ2) is 6.50. The first kappa shape index (κ1) is 22.4. The van der Waals surface area contributed by atoms with Crippen molar-refractivity contribution >= 4 is 0 Å². The maximum Gasteiger partial charge on any atom is 0.460 e. The third-order valence-electron chi connectivity index (χ3n) is 3.32. The van der Waals surface area contributed by atoms with Gasteiger partial charge in [-0.1, -0.05) is 18.2 Å². The zero-order valence-electron chi connectivity index (χ0n) is 12.1. The van der Waals surface area contributed by atoms with Gasteiger partial charge in [-0.25, -0.2) is 4.39 Å². The van der Waals surface area contributed by atoms with Gasteiger partial charge in [0.2, 0.25) is 0 Å². The number of aliphatic hydroxyl groups excluding tert-OH is 1. The van der Waals surface area contributed by atoms with Gasteiger partial charge in [0.15, 0.2) is 0 Å². The lowest BCUT2D eigenvalue weighted by Gasteiger charge is -2.37. The van der Waals surface area contributed by atoms with E-state index < -0.39 is 53.8 Å². The van der Waals surface area contributed by atoms with Crippen molar-refractivity contribution in [1.29, 1.82) is 0 Å². The fraction of sp³-hybridized carbons (Fsp3) is 0.538. The molecule has 0 aliphatic heterocycles. The van der Waals surface area contributed by atoms with Crippen LogP contribution in [0.1, 0.15) is 18.1 Å². The van der Waals surface area contributed by atoms with Crippen molar-refractivity contribution in [2.75, 3.05) is 0 Å². The molecule has 0 aromatic heterocycles. The quantitative estimate of drug-likeness (QED) is 0.629. The summed E-state index contributed by atoms with van der Waals surface area (Å²) in [4.78, 5) is 0. The van der Waals surface area contributed by atoms with Gasteiger partial charge in [-0.15, -0.1) is 0 Å². The van der Waals surface area contributed by atoms with Gasteiger partial charge >= 0.3 is 29.9 Å². The maximum atomic E-state index is 13.5. The Morgan fingerprint density at radius 1 is 0.731 bits per heavy atom. The molecule has 1 aromatic rings. The second-order valence-electron chi connectivity index (χ2n) is 5.17. The monoisotopic (exact) mass is 408 g/mol. The summed E-state index contributed by atoms with van der Waals surface area (Å²) in [6, 6.07) is 3.08. The minimum absolute atomic E-state index is 0.571. The normalized spacial score (nSPS) is 15.9. The van der Waals surface area contributed by atoms with E-state index in [1.807, 2.05) is 0 Å². The van der Waals surface area contributed by atoms with Crippen LogP contribution in [0.25, 0.3) is 0 Å². The maximum absolute atomic E-state index is 13.5. The van der Waals surface area contributed by atoms with Gasteiger partial charge in [0.25, 0.3) is 0 Å². The van der Waals surface area contributed by atoms with Crippen molar-refractivity contribution < 1.29 is 57.8 Å². The van der Waals surface area contributed by atoms with Crippen molar-refractivity contribution in [3.8, 4) is 0 Å². The van der Waals surface area contributed by atoms with E-state index in [9.17, 15) is 57.8 Å². The number of hydrogen-bond donors (Lipinski definition) is 1. The van der Waals surface area contributed by atoms with Crippen molar-refractivity contribution in [2.24, 2.45) is 0 Å². The second-order valence-corrected chi connectivity index (χ2v) is 5.17. The average Bonchev–Trinajstić information content (AvgIpc) is 2.45. The van der Waals surface area contributed by atoms with Crippen LogP contribution in [-0.2, 0) is 0 Å². The first-order valence-electron chi connectivity index (χ1n) is 6.40. The highest BCUT2D eigenvalue weighted by atomic mass is 19.4. The SMILES string of the molecule is OC(CC(F)(F)C(F)(F)C(F)(F)C(F)(F)C(F)(F)F)c1ccccc1F. The van der Waals surface area contributed by atoms with E-state index in [1.54, 1.807) is 0 Å². The molecule has 0 heterocycles. The summed E-state index contributed by atoms with van der Waals surface area (Å²) in [6.07, 6.45) is -12.9. The molecule has 0 aliphatic rings. The van der Waals surface area contributed by atoms with E-state index >= 15 is 0 Å². The van der Waals surface area contributed by atoms with Gasteiger partial charge in [0.1, 0.15) is 5.82 Å². The van der Waals surface area contributed by atoms with Crippen molar-refractivity contribution in [2.45, 2.75) is 42.4 Å². The molecule has 1 nitrogen and oxygen atoms in total. The molecular formula is C13H8F12O. The van der Waals surface area contributed by atoms with Gasteiger partial charge in [-0.05, 0) is 6.07 Å². The molecule has 1 unspecified atom stereocenters. The largest absolute Gasteiger partial charge is 0.460 e. The van der Waals surface area contributed by atoms with Gasteiger partial charge in [0, 0.05) is 12.0 Å². The predicted molar refractivity (Wildman–Crippen MR) is 61.8 cm³/mol. The molecule has 0 saturated carbocycles. The molecule has 150 valence electrons. The minimum Gasteiger partial charge on any atom is -0.388 e. The Balaban J connectivity index is 3.26. The Kier molecular flexibility index (Phi) is 5.59. The molecule has 13 heteroatoms. The van der Waals surface area contributed by atoms with Crippen molar-refractivity contribution in [3.05, 3.63) is 35.6 Å². The Morgan fingerprint density at radius 3 is 1.62 bits per heavy atom. The van der Waals surface area contributed by atoms with Gasteiger partial charge in [-0.3, -0.25) is 0 Å². The number of halogens is 12. The zero-order chi connectivity index (χ0) is 20.8. The van der Waals surface area contributed by atoms with Crippen LogP contribution in [-0.4, -0.2) is 35.0 Å². The molecule has 0 bridgehead atoms. The van der Waals surface area contributed by atoms with Crippen LogP contribution < -0.4 is 0 Å². The lowest BCUT2D eigenvalue weighted by atomic mass is 9.92. The van der Waals surface area contributed by atoms with Gasteiger partial charge in [0.05, 0.1) is 6.10 Å². The van der Waals surface area contributed by atoms with E-state index in [0.29, 0.717) is 12.1 Å². The predicted octanol–water partition coefficient (Wildman–Crippen LogP) is 5.35. The first-order chi connectivity index (χ1) is 11.4. The third-order valence-corrected chi connectivity index (χ3v) is 3.32. The van der Waals surface area contributed by atoms with E-state index in [0.717, 1.165) is 12.1 Å². The molecule has 0 radical (unpaired) electrons. The van der Waals surface area contributed by atoms with Gasteiger partial charge in [-0.2, -0.15) is 48.3 Å². The van der Waals surface area contributed by atoms with Crippen molar-refractivity contribution in [1.82, 2.24) is 0 Å².